The second-order valence-corrected chi connectivity index (χ2v) is 5.67. The van der Waals surface area contributed by atoms with Crippen molar-refractivity contribution in [2.24, 2.45) is 5.73 Å². The van der Waals surface area contributed by atoms with Crippen LogP contribution in [0.5, 0.6) is 0 Å². The van der Waals surface area contributed by atoms with Crippen LogP contribution in [0.2, 0.25) is 0 Å². The molecule has 2 heterocycles. The topological polar surface area (TPSA) is 43.8 Å². The van der Waals surface area contributed by atoms with Crippen LogP contribution in [0.3, 0.4) is 0 Å². The van der Waals surface area contributed by atoms with Gasteiger partial charge in [0.2, 0.25) is 0 Å². The third-order valence-electron chi connectivity index (χ3n) is 3.03. The van der Waals surface area contributed by atoms with E-state index in [4.69, 9.17) is 5.73 Å². The van der Waals surface area contributed by atoms with Crippen molar-refractivity contribution in [1.29, 1.82) is 0 Å². The number of thioether (sulfide) groups is 1. The summed E-state index contributed by atoms with van der Waals surface area (Å²) in [5, 5.41) is 4.93. The van der Waals surface area contributed by atoms with Crippen LogP contribution in [0, 0.1) is 0 Å². The van der Waals surface area contributed by atoms with E-state index in [1.165, 1.54) is 10.5 Å². The molecule has 4 heteroatoms. The molecule has 1 aromatic carbocycles. The Morgan fingerprint density at radius 2 is 2.29 bits per heavy atom. The van der Waals surface area contributed by atoms with Crippen molar-refractivity contribution in [1.82, 2.24) is 9.78 Å². The van der Waals surface area contributed by atoms with Crippen LogP contribution >= 0.6 is 11.8 Å². The summed E-state index contributed by atoms with van der Waals surface area (Å²) in [7, 11) is 0. The van der Waals surface area contributed by atoms with Gasteiger partial charge in [0.05, 0.1) is 12.7 Å². The van der Waals surface area contributed by atoms with Gasteiger partial charge < -0.3 is 5.73 Å². The van der Waals surface area contributed by atoms with Crippen LogP contribution in [0.1, 0.15) is 11.1 Å². The first-order chi connectivity index (χ1) is 8.35. The Bertz CT molecular complexity index is 496. The van der Waals surface area contributed by atoms with Gasteiger partial charge in [0.25, 0.3) is 0 Å². The van der Waals surface area contributed by atoms with Crippen LogP contribution in [-0.4, -0.2) is 15.0 Å². The molecule has 1 aliphatic heterocycles. The van der Waals surface area contributed by atoms with Crippen LogP contribution in [0.4, 0.5) is 0 Å². The SMILES string of the molecule is NCc1cnn(CC2Cc3ccccc3S2)c1. The van der Waals surface area contributed by atoms with Crippen LogP contribution in [-0.2, 0) is 19.5 Å². The van der Waals surface area contributed by atoms with Gasteiger partial charge in [-0.15, -0.1) is 11.8 Å². The normalized spacial score (nSPS) is 18.3. The van der Waals surface area contributed by atoms with Crippen LogP contribution < -0.4 is 5.73 Å². The lowest BCUT2D eigenvalue weighted by molar-refractivity contribution is 0.594. The monoisotopic (exact) mass is 245 g/mol. The molecule has 2 aromatic rings. The van der Waals surface area contributed by atoms with Crippen molar-refractivity contribution < 1.29 is 0 Å². The second kappa shape index (κ2) is 4.55. The van der Waals surface area contributed by atoms with Gasteiger partial charge in [-0.25, -0.2) is 0 Å². The Morgan fingerprint density at radius 3 is 3.06 bits per heavy atom. The zero-order chi connectivity index (χ0) is 11.7. The van der Waals surface area contributed by atoms with E-state index in [2.05, 4.69) is 29.4 Å². The zero-order valence-electron chi connectivity index (χ0n) is 9.54. The molecule has 0 spiro atoms. The van der Waals surface area contributed by atoms with Gasteiger partial charge in [-0.1, -0.05) is 18.2 Å². The van der Waals surface area contributed by atoms with Gasteiger partial charge in [-0.05, 0) is 18.1 Å². The lowest BCUT2D eigenvalue weighted by Gasteiger charge is -2.07. The third kappa shape index (κ3) is 2.23. The molecule has 0 fully saturated rings. The average molecular weight is 245 g/mol. The number of nitrogens with zero attached hydrogens (tertiary/aromatic N) is 2. The Morgan fingerprint density at radius 1 is 1.41 bits per heavy atom. The molecular weight excluding hydrogens is 230 g/mol. The fourth-order valence-electron chi connectivity index (χ4n) is 2.18. The highest BCUT2D eigenvalue weighted by molar-refractivity contribution is 8.00. The molecule has 0 saturated carbocycles. The molecule has 0 amide bonds. The number of rotatable bonds is 3. The predicted octanol–water partition coefficient (Wildman–Crippen LogP) is 2.06. The number of nitrogens with two attached hydrogens (primary N) is 1. The van der Waals surface area contributed by atoms with Gasteiger partial charge in [-0.3, -0.25) is 4.68 Å². The third-order valence-corrected chi connectivity index (χ3v) is 4.33. The summed E-state index contributed by atoms with van der Waals surface area (Å²) < 4.78 is 2.01. The van der Waals surface area contributed by atoms with Gasteiger partial charge in [0, 0.05) is 28.5 Å². The summed E-state index contributed by atoms with van der Waals surface area (Å²) in [5.74, 6) is 0. The number of benzene rings is 1. The lowest BCUT2D eigenvalue weighted by Crippen LogP contribution is -2.12. The smallest absolute Gasteiger partial charge is 0.0534 e. The summed E-state index contributed by atoms with van der Waals surface area (Å²) in [5.41, 5.74) is 8.15. The first-order valence-corrected chi connectivity index (χ1v) is 6.69. The number of fused-ring (bicyclic) bond motifs is 1. The van der Waals surface area contributed by atoms with Gasteiger partial charge >= 0.3 is 0 Å². The van der Waals surface area contributed by atoms with Gasteiger partial charge in [0.1, 0.15) is 0 Å². The maximum absolute atomic E-state index is 5.58. The van der Waals surface area contributed by atoms with E-state index in [-0.39, 0.29) is 0 Å². The number of hydrogen-bond donors (Lipinski definition) is 1. The molecule has 3 nitrogen and oxygen atoms in total. The van der Waals surface area contributed by atoms with Crippen molar-refractivity contribution in [2.75, 3.05) is 0 Å². The maximum atomic E-state index is 5.58. The Kier molecular flexibility index (Phi) is 2.91. The molecule has 0 aliphatic carbocycles. The molecule has 1 atom stereocenters. The van der Waals surface area contributed by atoms with E-state index in [1.807, 2.05) is 28.8 Å². The van der Waals surface area contributed by atoms with E-state index in [1.54, 1.807) is 0 Å². The predicted molar refractivity (Wildman–Crippen MR) is 69.9 cm³/mol. The Hall–Kier alpha value is -1.26. The molecule has 0 bridgehead atoms. The van der Waals surface area contributed by atoms with Gasteiger partial charge in [-0.2, -0.15) is 5.10 Å². The second-order valence-electron chi connectivity index (χ2n) is 4.33. The minimum absolute atomic E-state index is 0.567. The summed E-state index contributed by atoms with van der Waals surface area (Å²) in [6.07, 6.45) is 5.04. The summed E-state index contributed by atoms with van der Waals surface area (Å²) in [4.78, 5) is 1.42. The standard InChI is InChI=1S/C13H15N3S/c14-6-10-7-15-16(8-10)9-12-5-11-3-1-2-4-13(11)17-12/h1-4,7-8,12H,5-6,9,14H2. The molecule has 1 aromatic heterocycles. The molecule has 3 rings (SSSR count). The van der Waals surface area contributed by atoms with Gasteiger partial charge in [0.15, 0.2) is 0 Å². The van der Waals surface area contributed by atoms with E-state index in [9.17, 15) is 0 Å². The minimum atomic E-state index is 0.567. The molecule has 88 valence electrons. The molecular formula is C13H15N3S. The largest absolute Gasteiger partial charge is 0.326 e. The molecule has 17 heavy (non-hydrogen) atoms. The fraction of sp³-hybridized carbons (Fsp3) is 0.308. The first kappa shape index (κ1) is 10.9. The highest BCUT2D eigenvalue weighted by atomic mass is 32.2. The van der Waals surface area contributed by atoms with Crippen LogP contribution in [0.15, 0.2) is 41.6 Å². The molecule has 1 unspecified atom stereocenters. The van der Waals surface area contributed by atoms with E-state index < -0.39 is 0 Å². The molecule has 2 N–H and O–H groups in total. The quantitative estimate of drug-likeness (QED) is 0.900. The van der Waals surface area contributed by atoms with E-state index in [0.29, 0.717) is 11.8 Å². The van der Waals surface area contributed by atoms with Crippen molar-refractivity contribution in [3.05, 3.63) is 47.8 Å². The fourth-order valence-corrected chi connectivity index (χ4v) is 3.49. The van der Waals surface area contributed by atoms with Crippen molar-refractivity contribution in [3.8, 4) is 0 Å². The summed E-state index contributed by atoms with van der Waals surface area (Å²) >= 11 is 1.96. The highest BCUT2D eigenvalue weighted by Gasteiger charge is 2.22. The molecule has 0 radical (unpaired) electrons. The number of aromatic nitrogens is 2. The molecule has 0 saturated heterocycles. The highest BCUT2D eigenvalue weighted by Crippen LogP contribution is 2.37. The van der Waals surface area contributed by atoms with Crippen molar-refractivity contribution in [3.63, 3.8) is 0 Å². The number of hydrogen-bond acceptors (Lipinski definition) is 3. The van der Waals surface area contributed by atoms with Crippen LogP contribution in [0.25, 0.3) is 0 Å². The van der Waals surface area contributed by atoms with E-state index >= 15 is 0 Å². The average Bonchev–Trinajstić information content (AvgIpc) is 2.94. The molecule has 1 aliphatic rings. The summed E-state index contributed by atoms with van der Waals surface area (Å²) in [6, 6.07) is 8.64. The maximum Gasteiger partial charge on any atom is 0.0534 e. The summed E-state index contributed by atoms with van der Waals surface area (Å²) in [6.45, 7) is 1.53. The zero-order valence-corrected chi connectivity index (χ0v) is 10.4. The van der Waals surface area contributed by atoms with Crippen molar-refractivity contribution >= 4 is 11.8 Å². The Labute approximate surface area is 105 Å². The van der Waals surface area contributed by atoms with Crippen molar-refractivity contribution in [2.45, 2.75) is 29.7 Å². The van der Waals surface area contributed by atoms with E-state index in [0.717, 1.165) is 18.5 Å². The Balaban J connectivity index is 1.69. The minimum Gasteiger partial charge on any atom is -0.326 e. The lowest BCUT2D eigenvalue weighted by atomic mass is 10.1. The first-order valence-electron chi connectivity index (χ1n) is 5.81.